The van der Waals surface area contributed by atoms with E-state index in [4.69, 9.17) is 19.3 Å². The molecule has 0 saturated heterocycles. The molecule has 0 amide bonds. The number of unbranched alkanes of at least 4 members (excludes halogenated alkanes) is 4. The first kappa shape index (κ1) is 50.6. The van der Waals surface area contributed by atoms with E-state index >= 15 is 0 Å². The molecule has 10 nitrogen and oxygen atoms in total. The van der Waals surface area contributed by atoms with Gasteiger partial charge in [-0.15, -0.1) is 0 Å². The Kier molecular flexibility index (Phi) is 34.3. The number of carbonyl (C=O) groups is 2. The summed E-state index contributed by atoms with van der Waals surface area (Å²) in [7, 11) is -4.84. The molecule has 0 saturated carbocycles. The van der Waals surface area contributed by atoms with Crippen molar-refractivity contribution >= 4 is 19.8 Å². The van der Waals surface area contributed by atoms with Crippen LogP contribution in [0.2, 0.25) is 0 Å². The van der Waals surface area contributed by atoms with Crippen LogP contribution in [0.15, 0.2) is 109 Å². The zero-order valence-electron chi connectivity index (χ0n) is 32.5. The quantitative estimate of drug-likeness (QED) is 0.0166. The second-order valence-electron chi connectivity index (χ2n) is 12.6. The standard InChI is InChI=1S/C43H67O10P/c1-3-5-7-9-11-12-13-14-15-16-17-18-19-20-21-23-29-35-43(47)53-41(38-52-54(48,49)50)37-51-42(46)36-30-34-40(45)33-28-25-24-27-32-39(44)31-26-22-10-8-6-4-2/h5,7,11-12,14-15,17-18,20-22,24-28,32-33,39-41,44-45H,3-4,6,8-10,13,16,19,23,29-31,34-38H2,1-2H3,(H2,48,49,50)/b7-5-,12-11-,15-14-,18-17-,21-20-,25-24+,26-22-,32-27+,33-28-/t39-,40-,41-/m1/s1. The molecule has 0 rings (SSSR count). The average Bonchev–Trinajstić information content (AvgIpc) is 3.13. The van der Waals surface area contributed by atoms with Gasteiger partial charge in [0.15, 0.2) is 6.10 Å². The minimum atomic E-state index is -4.84. The number of ether oxygens (including phenoxy) is 2. The molecule has 0 heterocycles. The average molecular weight is 775 g/mol. The van der Waals surface area contributed by atoms with Crippen molar-refractivity contribution in [3.05, 3.63) is 109 Å². The Morgan fingerprint density at radius 2 is 1.15 bits per heavy atom. The summed E-state index contributed by atoms with van der Waals surface area (Å²) in [4.78, 5) is 42.7. The number of rotatable bonds is 33. The maximum atomic E-state index is 12.4. The first-order valence-corrected chi connectivity index (χ1v) is 20.9. The van der Waals surface area contributed by atoms with Gasteiger partial charge in [-0.25, -0.2) is 4.57 Å². The monoisotopic (exact) mass is 774 g/mol. The van der Waals surface area contributed by atoms with E-state index in [1.807, 2.05) is 18.2 Å². The van der Waals surface area contributed by atoms with Crippen LogP contribution in [0.1, 0.15) is 117 Å². The molecule has 304 valence electrons. The van der Waals surface area contributed by atoms with Gasteiger partial charge in [0.25, 0.3) is 0 Å². The van der Waals surface area contributed by atoms with Crippen LogP contribution in [0, 0.1) is 0 Å². The fraction of sp³-hybridized carbons (Fsp3) is 0.535. The first-order valence-electron chi connectivity index (χ1n) is 19.4. The van der Waals surface area contributed by atoms with Crippen LogP contribution in [0.4, 0.5) is 0 Å². The smallest absolute Gasteiger partial charge is 0.462 e. The molecular formula is C43H67O10P. The molecule has 4 N–H and O–H groups in total. The number of carbonyl (C=O) groups excluding carboxylic acids is 2. The van der Waals surface area contributed by atoms with Gasteiger partial charge in [0, 0.05) is 12.8 Å². The molecule has 0 aliphatic carbocycles. The summed E-state index contributed by atoms with van der Waals surface area (Å²) >= 11 is 0. The van der Waals surface area contributed by atoms with Crippen LogP contribution in [0.3, 0.4) is 0 Å². The molecule has 0 fully saturated rings. The molecule has 0 aromatic carbocycles. The van der Waals surface area contributed by atoms with E-state index in [1.165, 1.54) is 12.8 Å². The summed E-state index contributed by atoms with van der Waals surface area (Å²) in [5.41, 5.74) is 0. The zero-order chi connectivity index (χ0) is 40.0. The van der Waals surface area contributed by atoms with Gasteiger partial charge >= 0.3 is 19.8 Å². The summed E-state index contributed by atoms with van der Waals surface area (Å²) in [6.07, 6.45) is 44.5. The summed E-state index contributed by atoms with van der Waals surface area (Å²) in [5.74, 6) is -1.21. The van der Waals surface area contributed by atoms with Gasteiger partial charge in [0.1, 0.15) is 6.61 Å². The normalized spacial score (nSPS) is 14.9. The maximum Gasteiger partial charge on any atom is 0.469 e. The Hall–Kier alpha value is -3.37. The number of esters is 2. The predicted octanol–water partition coefficient (Wildman–Crippen LogP) is 9.56. The fourth-order valence-corrected chi connectivity index (χ4v) is 4.90. The molecule has 0 aliphatic rings. The summed E-state index contributed by atoms with van der Waals surface area (Å²) in [6.45, 7) is 3.22. The van der Waals surface area contributed by atoms with E-state index in [9.17, 15) is 24.4 Å². The van der Waals surface area contributed by atoms with E-state index in [-0.39, 0.29) is 12.8 Å². The van der Waals surface area contributed by atoms with Crippen LogP contribution in [-0.4, -0.2) is 63.5 Å². The topological polar surface area (TPSA) is 160 Å². The lowest BCUT2D eigenvalue weighted by atomic mass is 10.1. The van der Waals surface area contributed by atoms with E-state index in [0.29, 0.717) is 32.1 Å². The van der Waals surface area contributed by atoms with Crippen LogP contribution in [-0.2, 0) is 28.2 Å². The number of hydrogen-bond donors (Lipinski definition) is 4. The van der Waals surface area contributed by atoms with Crippen LogP contribution < -0.4 is 0 Å². The molecule has 3 atom stereocenters. The molecule has 0 spiro atoms. The third-order valence-corrected chi connectivity index (χ3v) is 7.95. The lowest BCUT2D eigenvalue weighted by molar-refractivity contribution is -0.161. The predicted molar refractivity (Wildman–Crippen MR) is 218 cm³/mol. The number of phosphoric acid groups is 1. The SMILES string of the molecule is CC/C=C\C/C=C\C/C=C\C/C=C\C/C=C\CCCC(=O)O[C@H](COC(=O)CCC[C@H](O)\C=C/C=C/C=C/[C@H](O)C/C=C\CCCCC)COP(=O)(O)O. The minimum Gasteiger partial charge on any atom is -0.462 e. The third kappa shape index (κ3) is 38.4. The van der Waals surface area contributed by atoms with Gasteiger partial charge in [-0.2, -0.15) is 0 Å². The van der Waals surface area contributed by atoms with Gasteiger partial charge in [-0.3, -0.25) is 14.1 Å². The lowest BCUT2D eigenvalue weighted by Crippen LogP contribution is -2.29. The highest BCUT2D eigenvalue weighted by molar-refractivity contribution is 7.46. The zero-order valence-corrected chi connectivity index (χ0v) is 33.4. The molecule has 0 aromatic heterocycles. The van der Waals surface area contributed by atoms with Gasteiger partial charge < -0.3 is 29.5 Å². The van der Waals surface area contributed by atoms with Gasteiger partial charge in [0.2, 0.25) is 0 Å². The highest BCUT2D eigenvalue weighted by atomic mass is 31.2. The number of hydrogen-bond acceptors (Lipinski definition) is 8. The second kappa shape index (κ2) is 36.6. The van der Waals surface area contributed by atoms with Crippen molar-refractivity contribution in [2.24, 2.45) is 0 Å². The highest BCUT2D eigenvalue weighted by Crippen LogP contribution is 2.35. The number of phosphoric ester groups is 1. The Bertz CT molecular complexity index is 1270. The fourth-order valence-electron chi connectivity index (χ4n) is 4.54. The lowest BCUT2D eigenvalue weighted by Gasteiger charge is -2.18. The summed E-state index contributed by atoms with van der Waals surface area (Å²) in [5, 5.41) is 20.1. The van der Waals surface area contributed by atoms with Crippen molar-refractivity contribution in [2.45, 2.75) is 135 Å². The van der Waals surface area contributed by atoms with Crippen molar-refractivity contribution in [1.29, 1.82) is 0 Å². The van der Waals surface area contributed by atoms with E-state index in [2.05, 4.69) is 73.1 Å². The van der Waals surface area contributed by atoms with Crippen molar-refractivity contribution in [2.75, 3.05) is 13.2 Å². The Labute approximate surface area is 324 Å². The van der Waals surface area contributed by atoms with Gasteiger partial charge in [0.05, 0.1) is 18.8 Å². The highest BCUT2D eigenvalue weighted by Gasteiger charge is 2.23. The van der Waals surface area contributed by atoms with Crippen molar-refractivity contribution in [3.63, 3.8) is 0 Å². The Balaban J connectivity index is 4.36. The van der Waals surface area contributed by atoms with E-state index in [0.717, 1.165) is 44.9 Å². The molecule has 0 bridgehead atoms. The van der Waals surface area contributed by atoms with E-state index < -0.39 is 51.3 Å². The molecule has 0 radical (unpaired) electrons. The second-order valence-corrected chi connectivity index (χ2v) is 13.8. The minimum absolute atomic E-state index is 0.0122. The van der Waals surface area contributed by atoms with Crippen LogP contribution >= 0.6 is 7.82 Å². The summed E-state index contributed by atoms with van der Waals surface area (Å²) in [6, 6.07) is 0. The number of aliphatic hydroxyl groups is 2. The van der Waals surface area contributed by atoms with Crippen LogP contribution in [0.5, 0.6) is 0 Å². The van der Waals surface area contributed by atoms with Gasteiger partial charge in [-0.05, 0) is 77.0 Å². The molecule has 54 heavy (non-hydrogen) atoms. The molecular weight excluding hydrogens is 707 g/mol. The summed E-state index contributed by atoms with van der Waals surface area (Å²) < 4.78 is 26.1. The van der Waals surface area contributed by atoms with Crippen molar-refractivity contribution < 1.29 is 48.2 Å². The molecule has 0 aromatic rings. The third-order valence-electron chi connectivity index (χ3n) is 7.47. The maximum absolute atomic E-state index is 12.4. The number of allylic oxidation sites excluding steroid dienone is 15. The molecule has 11 heteroatoms. The van der Waals surface area contributed by atoms with Crippen LogP contribution in [0.25, 0.3) is 0 Å². The molecule has 0 aliphatic heterocycles. The van der Waals surface area contributed by atoms with Gasteiger partial charge in [-0.1, -0.05) is 136 Å². The van der Waals surface area contributed by atoms with Crippen molar-refractivity contribution in [1.82, 2.24) is 0 Å². The molecule has 0 unspecified atom stereocenters. The number of aliphatic hydroxyl groups excluding tert-OH is 2. The van der Waals surface area contributed by atoms with Crippen molar-refractivity contribution in [3.8, 4) is 0 Å². The first-order chi connectivity index (χ1) is 26.1. The Morgan fingerprint density at radius 1 is 0.611 bits per heavy atom. The Morgan fingerprint density at radius 3 is 1.74 bits per heavy atom. The van der Waals surface area contributed by atoms with E-state index in [1.54, 1.807) is 36.5 Å². The largest absolute Gasteiger partial charge is 0.469 e.